The summed E-state index contributed by atoms with van der Waals surface area (Å²) in [7, 11) is 0.0603. The fourth-order valence-electron chi connectivity index (χ4n) is 7.28. The summed E-state index contributed by atoms with van der Waals surface area (Å²) >= 11 is 0. The third-order valence-electron chi connectivity index (χ3n) is 9.98. The Morgan fingerprint density at radius 3 is 2.43 bits per heavy atom. The van der Waals surface area contributed by atoms with Crippen LogP contribution in [-0.4, -0.2) is 54.8 Å². The highest BCUT2D eigenvalue weighted by atomic mass is 32.2. The highest BCUT2D eigenvalue weighted by molar-refractivity contribution is 7.85. The zero-order valence-corrected chi connectivity index (χ0v) is 26.8. The predicted octanol–water partition coefficient (Wildman–Crippen LogP) is 7.02. The zero-order chi connectivity index (χ0) is 30.4. The molecule has 3 aliphatic heterocycles. The molecule has 1 aliphatic carbocycles. The van der Waals surface area contributed by atoms with Crippen molar-refractivity contribution in [3.63, 3.8) is 0 Å². The molecule has 1 saturated heterocycles. The van der Waals surface area contributed by atoms with Gasteiger partial charge in [0.25, 0.3) is 10.1 Å². The summed E-state index contributed by atoms with van der Waals surface area (Å²) in [5.41, 5.74) is 9.67. The van der Waals surface area contributed by atoms with Gasteiger partial charge in [-0.15, -0.1) is 0 Å². The van der Waals surface area contributed by atoms with E-state index in [1.165, 1.54) is 11.1 Å². The third kappa shape index (κ3) is 4.66. The van der Waals surface area contributed by atoms with Crippen molar-refractivity contribution in [1.82, 2.24) is 4.90 Å². The van der Waals surface area contributed by atoms with E-state index >= 15 is 0 Å². The van der Waals surface area contributed by atoms with Crippen LogP contribution < -0.4 is 9.64 Å². The SMILES string of the molecule is CCC1=CC(C)(C)N(C)c2cc3c(cc21)C(c1ccccc1C)=C1C=C2C(CS(=O)(=O)O)CC(C)(C)N(C)C2C=C1O3. The number of aryl methyl sites for hydroxylation is 1. The number of piperidine rings is 1. The van der Waals surface area contributed by atoms with Gasteiger partial charge in [0, 0.05) is 46.6 Å². The van der Waals surface area contributed by atoms with E-state index in [2.05, 4.69) is 120 Å². The quantitative estimate of drug-likeness (QED) is 0.388. The zero-order valence-electron chi connectivity index (χ0n) is 25.9. The van der Waals surface area contributed by atoms with Crippen molar-refractivity contribution in [3.05, 3.63) is 93.8 Å². The first-order valence-electron chi connectivity index (χ1n) is 14.9. The molecule has 1 N–H and O–H groups in total. The Balaban J connectivity index is 1.64. The van der Waals surface area contributed by atoms with Crippen molar-refractivity contribution < 1.29 is 17.7 Å². The minimum Gasteiger partial charge on any atom is -0.456 e. The van der Waals surface area contributed by atoms with Gasteiger partial charge in [-0.2, -0.15) is 8.42 Å². The Hall–Kier alpha value is -3.13. The summed E-state index contributed by atoms with van der Waals surface area (Å²) in [6, 6.07) is 12.7. The minimum atomic E-state index is -4.16. The largest absolute Gasteiger partial charge is 0.456 e. The molecular weight excluding hydrogens is 544 g/mol. The van der Waals surface area contributed by atoms with Gasteiger partial charge in [0.15, 0.2) is 0 Å². The number of allylic oxidation sites excluding steroid dienone is 2. The maximum atomic E-state index is 12.2. The van der Waals surface area contributed by atoms with Gasteiger partial charge in [0.1, 0.15) is 11.5 Å². The van der Waals surface area contributed by atoms with Crippen LogP contribution in [-0.2, 0) is 10.1 Å². The molecule has 3 heterocycles. The lowest BCUT2D eigenvalue weighted by Gasteiger charge is -2.50. The topological polar surface area (TPSA) is 70.1 Å². The number of nitrogens with zero attached hydrogens (tertiary/aromatic N) is 2. The number of likely N-dealkylation sites (N-methyl/N-ethyl adjacent to an activating group) is 2. The van der Waals surface area contributed by atoms with E-state index in [9.17, 15) is 13.0 Å². The molecule has 0 spiro atoms. The predicted molar refractivity (Wildman–Crippen MR) is 171 cm³/mol. The standard InChI is InChI=1S/C35H42N2O4S/c1-9-22-18-34(3,4)36(7)29-16-31-27(14-25(22)29)33(24-13-11-10-12-21(24)2)28-15-26-23(20-42(38,39)40)19-35(5,6)37(8)30(26)17-32(28)41-31/h10-18,23,30H,9,19-20H2,1-8H3,(H,38,39,40). The molecule has 0 radical (unpaired) electrons. The van der Waals surface area contributed by atoms with Crippen LogP contribution in [0, 0.1) is 12.8 Å². The molecule has 0 aromatic heterocycles. The fourth-order valence-corrected chi connectivity index (χ4v) is 8.10. The van der Waals surface area contributed by atoms with E-state index in [4.69, 9.17) is 4.74 Å². The Kier molecular flexibility index (Phi) is 6.69. The lowest BCUT2D eigenvalue weighted by Crippen LogP contribution is -2.55. The lowest BCUT2D eigenvalue weighted by atomic mass is 9.72. The first kappa shape index (κ1) is 29.0. The molecule has 1 fully saturated rings. The van der Waals surface area contributed by atoms with E-state index in [1.807, 2.05) is 0 Å². The van der Waals surface area contributed by atoms with Gasteiger partial charge in [-0.05, 0) is 101 Å². The second kappa shape index (κ2) is 9.69. The van der Waals surface area contributed by atoms with Crippen LogP contribution in [0.15, 0.2) is 71.5 Å². The van der Waals surface area contributed by atoms with Gasteiger partial charge < -0.3 is 9.64 Å². The van der Waals surface area contributed by atoms with Gasteiger partial charge in [-0.1, -0.05) is 37.3 Å². The Bertz CT molecular complexity index is 1720. The van der Waals surface area contributed by atoms with Crippen LogP contribution in [0.5, 0.6) is 5.75 Å². The number of rotatable bonds is 4. The number of fused-ring (bicyclic) bond motifs is 4. The summed E-state index contributed by atoms with van der Waals surface area (Å²) in [5, 5.41) is 0. The number of likely N-dealkylation sites (tertiary alicyclic amines) is 1. The summed E-state index contributed by atoms with van der Waals surface area (Å²) in [5.74, 6) is 1.01. The van der Waals surface area contributed by atoms with Gasteiger partial charge in [0.05, 0.1) is 17.3 Å². The average molecular weight is 587 g/mol. The normalized spacial score (nSPS) is 24.4. The molecule has 4 aliphatic rings. The molecular formula is C35H42N2O4S. The molecule has 7 heteroatoms. The molecule has 2 aromatic rings. The molecule has 0 bridgehead atoms. The first-order valence-corrected chi connectivity index (χ1v) is 16.5. The number of hydrogen-bond acceptors (Lipinski definition) is 5. The Morgan fingerprint density at radius 1 is 1.05 bits per heavy atom. The molecule has 6 rings (SSSR count). The molecule has 2 aromatic carbocycles. The van der Waals surface area contributed by atoms with E-state index in [1.54, 1.807) is 0 Å². The number of ether oxygens (including phenoxy) is 1. The van der Waals surface area contributed by atoms with Crippen molar-refractivity contribution in [2.45, 2.75) is 71.5 Å². The summed E-state index contributed by atoms with van der Waals surface area (Å²) in [6.07, 6.45) is 8.21. The maximum Gasteiger partial charge on any atom is 0.265 e. The molecule has 2 atom stereocenters. The number of hydrogen-bond donors (Lipinski definition) is 1. The van der Waals surface area contributed by atoms with Gasteiger partial charge in [-0.3, -0.25) is 9.45 Å². The summed E-state index contributed by atoms with van der Waals surface area (Å²) in [6.45, 7) is 13.1. The lowest BCUT2D eigenvalue weighted by molar-refractivity contribution is 0.0803. The smallest absolute Gasteiger partial charge is 0.265 e. The van der Waals surface area contributed by atoms with Crippen LogP contribution in [0.4, 0.5) is 5.69 Å². The van der Waals surface area contributed by atoms with Crippen molar-refractivity contribution in [2.75, 3.05) is 24.7 Å². The highest BCUT2D eigenvalue weighted by Gasteiger charge is 2.45. The van der Waals surface area contributed by atoms with E-state index in [-0.39, 0.29) is 28.8 Å². The Morgan fingerprint density at radius 2 is 1.76 bits per heavy atom. The van der Waals surface area contributed by atoms with E-state index < -0.39 is 10.1 Å². The fraction of sp³-hybridized carbons (Fsp3) is 0.429. The molecule has 222 valence electrons. The molecule has 42 heavy (non-hydrogen) atoms. The van der Waals surface area contributed by atoms with Crippen LogP contribution in [0.2, 0.25) is 0 Å². The second-order valence-corrected chi connectivity index (χ2v) is 15.0. The van der Waals surface area contributed by atoms with Gasteiger partial charge in [-0.25, -0.2) is 0 Å². The average Bonchev–Trinajstić information content (AvgIpc) is 2.90. The van der Waals surface area contributed by atoms with Crippen molar-refractivity contribution in [2.24, 2.45) is 5.92 Å². The summed E-state index contributed by atoms with van der Waals surface area (Å²) in [4.78, 5) is 4.61. The monoisotopic (exact) mass is 586 g/mol. The van der Waals surface area contributed by atoms with E-state index in [0.29, 0.717) is 6.42 Å². The van der Waals surface area contributed by atoms with Gasteiger partial charge >= 0.3 is 0 Å². The number of anilines is 1. The van der Waals surface area contributed by atoms with Crippen LogP contribution >= 0.6 is 0 Å². The number of benzene rings is 2. The van der Waals surface area contributed by atoms with Crippen LogP contribution in [0.1, 0.15) is 69.7 Å². The third-order valence-corrected chi connectivity index (χ3v) is 10.8. The van der Waals surface area contributed by atoms with Crippen molar-refractivity contribution in [3.8, 4) is 5.75 Å². The van der Waals surface area contributed by atoms with Gasteiger partial charge in [0.2, 0.25) is 0 Å². The molecule has 0 saturated carbocycles. The maximum absolute atomic E-state index is 12.2. The molecule has 2 unspecified atom stereocenters. The second-order valence-electron chi connectivity index (χ2n) is 13.5. The minimum absolute atomic E-state index is 0.124. The summed E-state index contributed by atoms with van der Waals surface area (Å²) < 4.78 is 41.0. The Labute approximate surface area is 250 Å². The van der Waals surface area contributed by atoms with Crippen molar-refractivity contribution in [1.29, 1.82) is 0 Å². The van der Waals surface area contributed by atoms with Crippen molar-refractivity contribution >= 4 is 27.0 Å². The molecule has 6 nitrogen and oxygen atoms in total. The van der Waals surface area contributed by atoms with Crippen LogP contribution in [0.3, 0.4) is 0 Å². The first-order chi connectivity index (χ1) is 19.6. The highest BCUT2D eigenvalue weighted by Crippen LogP contribution is 2.52. The van der Waals surface area contributed by atoms with E-state index in [0.717, 1.165) is 57.0 Å². The molecule has 0 amide bonds. The van der Waals surface area contributed by atoms with Crippen LogP contribution in [0.25, 0.3) is 11.1 Å².